The summed E-state index contributed by atoms with van der Waals surface area (Å²) in [5.41, 5.74) is 5.76. The van der Waals surface area contributed by atoms with Crippen molar-refractivity contribution in [3.8, 4) is 0 Å². The molecule has 1 aromatic heterocycles. The molecule has 0 saturated heterocycles. The van der Waals surface area contributed by atoms with E-state index in [1.165, 1.54) is 54.3 Å². The molecule has 0 radical (unpaired) electrons. The number of fused-ring (bicyclic) bond motifs is 3. The second kappa shape index (κ2) is 8.09. The van der Waals surface area contributed by atoms with E-state index in [0.29, 0.717) is 6.04 Å². The highest BCUT2D eigenvalue weighted by Gasteiger charge is 2.29. The van der Waals surface area contributed by atoms with E-state index in [1.807, 2.05) is 0 Å². The van der Waals surface area contributed by atoms with Crippen molar-refractivity contribution < 1.29 is 0 Å². The molecular weight excluding hydrogens is 316 g/mol. The number of hydrogen-bond donors (Lipinski definition) is 1. The zero-order valence-corrected chi connectivity index (χ0v) is 15.9. The maximum absolute atomic E-state index is 3.78. The lowest BCUT2D eigenvalue weighted by atomic mass is 9.93. The molecule has 0 saturated carbocycles. The first-order chi connectivity index (χ1) is 12.9. The summed E-state index contributed by atoms with van der Waals surface area (Å²) in [5, 5.41) is 1.43. The summed E-state index contributed by atoms with van der Waals surface area (Å²) >= 11 is 0. The van der Waals surface area contributed by atoms with Crippen molar-refractivity contribution in [2.24, 2.45) is 0 Å². The minimum Gasteiger partial charge on any atom is -0.357 e. The minimum atomic E-state index is 0.517. The van der Waals surface area contributed by atoms with Crippen molar-refractivity contribution in [2.75, 3.05) is 6.54 Å². The molecule has 4 rings (SSSR count). The third-order valence-corrected chi connectivity index (χ3v) is 5.83. The van der Waals surface area contributed by atoms with Gasteiger partial charge in [-0.05, 0) is 30.0 Å². The number of nitrogens with one attached hydrogen (secondary N) is 1. The summed E-state index contributed by atoms with van der Waals surface area (Å²) in [6.07, 6.45) is 7.73. The third kappa shape index (κ3) is 3.57. The first kappa shape index (κ1) is 17.4. The lowest BCUT2D eigenvalue weighted by Crippen LogP contribution is -2.35. The summed E-state index contributed by atoms with van der Waals surface area (Å²) in [6.45, 7) is 4.49. The number of aromatic nitrogens is 1. The quantitative estimate of drug-likeness (QED) is 0.502. The van der Waals surface area contributed by atoms with Crippen LogP contribution in [0, 0.1) is 0 Å². The van der Waals surface area contributed by atoms with Crippen LogP contribution < -0.4 is 0 Å². The maximum atomic E-state index is 3.78. The van der Waals surface area contributed by atoms with Gasteiger partial charge in [-0.25, -0.2) is 0 Å². The van der Waals surface area contributed by atoms with Gasteiger partial charge in [-0.15, -0.1) is 0 Å². The molecule has 1 aliphatic heterocycles. The van der Waals surface area contributed by atoms with Crippen LogP contribution in [-0.4, -0.2) is 16.4 Å². The fraction of sp³-hybridized carbons (Fsp3) is 0.417. The Balaban J connectivity index is 1.61. The van der Waals surface area contributed by atoms with E-state index < -0.39 is 0 Å². The average molecular weight is 347 g/mol. The number of unbranched alkanes of at least 4 members (excludes halogenated alkanes) is 3. The Hall–Kier alpha value is -2.06. The van der Waals surface area contributed by atoms with Gasteiger partial charge < -0.3 is 4.98 Å². The van der Waals surface area contributed by atoms with E-state index in [-0.39, 0.29) is 0 Å². The van der Waals surface area contributed by atoms with Gasteiger partial charge in [-0.2, -0.15) is 0 Å². The van der Waals surface area contributed by atoms with Crippen LogP contribution in [0.1, 0.15) is 61.9 Å². The molecule has 136 valence electrons. The molecule has 0 amide bonds. The molecule has 2 heterocycles. The van der Waals surface area contributed by atoms with Crippen molar-refractivity contribution >= 4 is 10.9 Å². The zero-order valence-electron chi connectivity index (χ0n) is 15.9. The number of benzene rings is 2. The van der Waals surface area contributed by atoms with Crippen LogP contribution in [0.2, 0.25) is 0 Å². The summed E-state index contributed by atoms with van der Waals surface area (Å²) in [7, 11) is 0. The van der Waals surface area contributed by atoms with E-state index in [2.05, 4.69) is 71.4 Å². The monoisotopic (exact) mass is 346 g/mol. The fourth-order valence-electron chi connectivity index (χ4n) is 4.47. The highest BCUT2D eigenvalue weighted by Crippen LogP contribution is 2.38. The van der Waals surface area contributed by atoms with Crippen molar-refractivity contribution in [1.82, 2.24) is 9.88 Å². The molecule has 1 aliphatic rings. The fourth-order valence-corrected chi connectivity index (χ4v) is 4.47. The highest BCUT2D eigenvalue weighted by atomic mass is 15.2. The van der Waals surface area contributed by atoms with Crippen LogP contribution in [0.5, 0.6) is 0 Å². The maximum Gasteiger partial charge on any atom is 0.0505 e. The average Bonchev–Trinajstić information content (AvgIpc) is 3.06. The molecule has 0 aliphatic carbocycles. The summed E-state index contributed by atoms with van der Waals surface area (Å²) < 4.78 is 0. The molecule has 2 nitrogen and oxygen atoms in total. The normalized spacial score (nSPS) is 17.5. The van der Waals surface area contributed by atoms with Crippen LogP contribution in [0.3, 0.4) is 0 Å². The van der Waals surface area contributed by atoms with Gasteiger partial charge in [0.2, 0.25) is 0 Å². The van der Waals surface area contributed by atoms with Crippen LogP contribution in [-0.2, 0) is 13.0 Å². The predicted octanol–water partition coefficient (Wildman–Crippen LogP) is 6.24. The SMILES string of the molecule is CCCCCCC1c2[nH]c3ccccc3c2CCN1Cc1ccccc1. The van der Waals surface area contributed by atoms with Crippen molar-refractivity contribution in [3.63, 3.8) is 0 Å². The Kier molecular flexibility index (Phi) is 5.40. The molecule has 0 spiro atoms. The Morgan fingerprint density at radius 2 is 1.77 bits per heavy atom. The van der Waals surface area contributed by atoms with Crippen molar-refractivity contribution in [1.29, 1.82) is 0 Å². The molecule has 0 fully saturated rings. The second-order valence-electron chi connectivity index (χ2n) is 7.63. The molecule has 3 aromatic rings. The van der Waals surface area contributed by atoms with Gasteiger partial charge in [0, 0.05) is 29.7 Å². The van der Waals surface area contributed by atoms with Crippen LogP contribution in [0.15, 0.2) is 54.6 Å². The number of hydrogen-bond acceptors (Lipinski definition) is 1. The van der Waals surface area contributed by atoms with E-state index in [9.17, 15) is 0 Å². The molecule has 1 N–H and O–H groups in total. The number of H-pyrrole nitrogens is 1. The van der Waals surface area contributed by atoms with Crippen LogP contribution in [0.25, 0.3) is 10.9 Å². The number of para-hydroxylation sites is 1. The first-order valence-corrected chi connectivity index (χ1v) is 10.2. The Morgan fingerprint density at radius 1 is 0.962 bits per heavy atom. The van der Waals surface area contributed by atoms with Gasteiger partial charge in [-0.1, -0.05) is 81.1 Å². The second-order valence-corrected chi connectivity index (χ2v) is 7.63. The summed E-state index contributed by atoms with van der Waals surface area (Å²) in [5.74, 6) is 0. The molecular formula is C24H30N2. The van der Waals surface area contributed by atoms with E-state index >= 15 is 0 Å². The van der Waals surface area contributed by atoms with Gasteiger partial charge in [0.05, 0.1) is 6.04 Å². The lowest BCUT2D eigenvalue weighted by Gasteiger charge is -2.36. The van der Waals surface area contributed by atoms with Crippen LogP contribution in [0.4, 0.5) is 0 Å². The summed E-state index contributed by atoms with van der Waals surface area (Å²) in [4.78, 5) is 6.47. The highest BCUT2D eigenvalue weighted by molar-refractivity contribution is 5.85. The smallest absolute Gasteiger partial charge is 0.0505 e. The van der Waals surface area contributed by atoms with Gasteiger partial charge in [0.25, 0.3) is 0 Å². The topological polar surface area (TPSA) is 19.0 Å². The predicted molar refractivity (Wildman–Crippen MR) is 110 cm³/mol. The third-order valence-electron chi connectivity index (χ3n) is 5.83. The van der Waals surface area contributed by atoms with E-state index in [0.717, 1.165) is 19.5 Å². The first-order valence-electron chi connectivity index (χ1n) is 10.2. The van der Waals surface area contributed by atoms with Crippen molar-refractivity contribution in [3.05, 3.63) is 71.4 Å². The zero-order chi connectivity index (χ0) is 17.8. The van der Waals surface area contributed by atoms with Gasteiger partial charge in [0.15, 0.2) is 0 Å². The molecule has 2 aromatic carbocycles. The standard InChI is InChI=1S/C24H30N2/c1-2-3-4-8-15-23-24-21(20-13-9-10-14-22(20)25-24)16-17-26(23)18-19-11-6-5-7-12-19/h5-7,9-14,23,25H,2-4,8,15-18H2,1H3. The molecule has 1 unspecified atom stereocenters. The Morgan fingerprint density at radius 3 is 2.62 bits per heavy atom. The minimum absolute atomic E-state index is 0.517. The van der Waals surface area contributed by atoms with Gasteiger partial charge in [-0.3, -0.25) is 4.90 Å². The van der Waals surface area contributed by atoms with E-state index in [4.69, 9.17) is 0 Å². The number of aromatic amines is 1. The molecule has 2 heteroatoms. The van der Waals surface area contributed by atoms with Gasteiger partial charge in [0.1, 0.15) is 0 Å². The summed E-state index contributed by atoms with van der Waals surface area (Å²) in [6, 6.07) is 20.3. The number of rotatable bonds is 7. The van der Waals surface area contributed by atoms with Crippen molar-refractivity contribution in [2.45, 2.75) is 58.0 Å². The Labute approximate surface area is 157 Å². The largest absolute Gasteiger partial charge is 0.357 e. The number of nitrogens with zero attached hydrogens (tertiary/aromatic N) is 1. The van der Waals surface area contributed by atoms with Gasteiger partial charge >= 0.3 is 0 Å². The lowest BCUT2D eigenvalue weighted by molar-refractivity contribution is 0.161. The molecule has 1 atom stereocenters. The molecule has 26 heavy (non-hydrogen) atoms. The molecule has 0 bridgehead atoms. The van der Waals surface area contributed by atoms with Crippen LogP contribution >= 0.6 is 0 Å². The Bertz CT molecular complexity index is 834. The van der Waals surface area contributed by atoms with E-state index in [1.54, 1.807) is 5.56 Å².